The molecule has 0 atom stereocenters. The number of aromatic nitrogens is 3. The standard InChI is InChI=1S/C22H21N3OS/c1-13-9-15(3)21(16(4)10-13)19(26)12-27-22-24-23-20-11-14(2)17-7-5-6-8-18(17)25(20)22/h5-11H,12H2,1-4H3. The van der Waals surface area contributed by atoms with Gasteiger partial charge in [0.2, 0.25) is 0 Å². The second-order valence-corrected chi connectivity index (χ2v) is 7.95. The summed E-state index contributed by atoms with van der Waals surface area (Å²) in [5, 5.41) is 10.6. The Morgan fingerprint density at radius 3 is 2.41 bits per heavy atom. The molecule has 0 saturated carbocycles. The minimum absolute atomic E-state index is 0.128. The topological polar surface area (TPSA) is 47.3 Å². The maximum absolute atomic E-state index is 12.9. The van der Waals surface area contributed by atoms with Crippen molar-refractivity contribution in [3.8, 4) is 0 Å². The van der Waals surface area contributed by atoms with Crippen LogP contribution in [-0.4, -0.2) is 26.1 Å². The van der Waals surface area contributed by atoms with E-state index in [4.69, 9.17) is 0 Å². The summed E-state index contributed by atoms with van der Waals surface area (Å²) in [6.07, 6.45) is 0. The van der Waals surface area contributed by atoms with Crippen LogP contribution < -0.4 is 0 Å². The largest absolute Gasteiger partial charge is 0.293 e. The van der Waals surface area contributed by atoms with Crippen LogP contribution in [0.4, 0.5) is 0 Å². The number of nitrogens with zero attached hydrogens (tertiary/aromatic N) is 3. The highest BCUT2D eigenvalue weighted by atomic mass is 32.2. The molecule has 27 heavy (non-hydrogen) atoms. The van der Waals surface area contributed by atoms with E-state index in [0.29, 0.717) is 5.75 Å². The molecule has 0 unspecified atom stereocenters. The highest BCUT2D eigenvalue weighted by Gasteiger charge is 2.16. The third-order valence-electron chi connectivity index (χ3n) is 4.86. The van der Waals surface area contributed by atoms with E-state index >= 15 is 0 Å². The Morgan fingerprint density at radius 1 is 0.963 bits per heavy atom. The first-order valence-electron chi connectivity index (χ1n) is 8.93. The summed E-state index contributed by atoms with van der Waals surface area (Å²) in [5.41, 5.74) is 7.11. The summed E-state index contributed by atoms with van der Waals surface area (Å²) < 4.78 is 2.04. The molecular weight excluding hydrogens is 354 g/mol. The molecule has 5 heteroatoms. The number of aryl methyl sites for hydroxylation is 4. The highest BCUT2D eigenvalue weighted by Crippen LogP contribution is 2.27. The Morgan fingerprint density at radius 2 is 1.67 bits per heavy atom. The number of Topliss-reactive ketones (excluding diaryl/α,β-unsaturated/α-hetero) is 1. The number of carbonyl (C=O) groups excluding carboxylic acids is 1. The molecule has 2 heterocycles. The van der Waals surface area contributed by atoms with E-state index in [9.17, 15) is 4.79 Å². The Bertz CT molecular complexity index is 1170. The first kappa shape index (κ1) is 17.7. The van der Waals surface area contributed by atoms with Gasteiger partial charge in [-0.2, -0.15) is 0 Å². The minimum Gasteiger partial charge on any atom is -0.293 e. The number of hydrogen-bond donors (Lipinski definition) is 0. The molecule has 0 spiro atoms. The van der Waals surface area contributed by atoms with Gasteiger partial charge in [0, 0.05) is 10.9 Å². The maximum Gasteiger partial charge on any atom is 0.196 e. The molecule has 0 aliphatic rings. The van der Waals surface area contributed by atoms with Gasteiger partial charge in [0.05, 0.1) is 11.3 Å². The van der Waals surface area contributed by atoms with E-state index < -0.39 is 0 Å². The van der Waals surface area contributed by atoms with Crippen molar-refractivity contribution in [1.82, 2.24) is 14.6 Å². The van der Waals surface area contributed by atoms with E-state index in [1.54, 1.807) is 0 Å². The predicted octanol–water partition coefficient (Wildman–Crippen LogP) is 5.09. The average molecular weight is 375 g/mol. The maximum atomic E-state index is 12.9. The minimum atomic E-state index is 0.128. The van der Waals surface area contributed by atoms with Crippen LogP contribution in [0.1, 0.15) is 32.6 Å². The molecule has 2 aromatic carbocycles. The van der Waals surface area contributed by atoms with Crippen LogP contribution in [0.2, 0.25) is 0 Å². The second kappa shape index (κ2) is 6.82. The quantitative estimate of drug-likeness (QED) is 0.368. The van der Waals surface area contributed by atoms with Crippen LogP contribution in [0.5, 0.6) is 0 Å². The SMILES string of the molecule is Cc1cc(C)c(C(=O)CSc2nnc3cc(C)c4ccccc4n23)c(C)c1. The summed E-state index contributed by atoms with van der Waals surface area (Å²) in [6.45, 7) is 8.13. The van der Waals surface area contributed by atoms with Crippen LogP contribution in [0.3, 0.4) is 0 Å². The lowest BCUT2D eigenvalue weighted by molar-refractivity contribution is 0.102. The van der Waals surface area contributed by atoms with Gasteiger partial charge in [-0.1, -0.05) is 47.7 Å². The first-order chi connectivity index (χ1) is 13.0. The van der Waals surface area contributed by atoms with Crippen LogP contribution in [0, 0.1) is 27.7 Å². The monoisotopic (exact) mass is 375 g/mol. The number of ketones is 1. The van der Waals surface area contributed by atoms with E-state index in [2.05, 4.69) is 48.3 Å². The molecule has 0 aliphatic heterocycles. The molecule has 0 amide bonds. The fraction of sp³-hybridized carbons (Fsp3) is 0.227. The summed E-state index contributed by atoms with van der Waals surface area (Å²) in [6, 6.07) is 14.4. The number of thioether (sulfide) groups is 1. The molecule has 4 aromatic rings. The number of benzene rings is 2. The zero-order valence-corrected chi connectivity index (χ0v) is 16.7. The molecule has 0 saturated heterocycles. The van der Waals surface area contributed by atoms with Gasteiger partial charge in [0.1, 0.15) is 0 Å². The van der Waals surface area contributed by atoms with Crippen LogP contribution in [0.15, 0.2) is 47.6 Å². The Balaban J connectivity index is 1.69. The zero-order chi connectivity index (χ0) is 19.1. The zero-order valence-electron chi connectivity index (χ0n) is 15.9. The third kappa shape index (κ3) is 3.12. The Kier molecular flexibility index (Phi) is 4.48. The lowest BCUT2D eigenvalue weighted by Gasteiger charge is -2.10. The van der Waals surface area contributed by atoms with Crippen molar-refractivity contribution in [2.24, 2.45) is 0 Å². The Labute approximate surface area is 162 Å². The fourth-order valence-electron chi connectivity index (χ4n) is 3.79. The van der Waals surface area contributed by atoms with Crippen LogP contribution in [0.25, 0.3) is 16.6 Å². The molecule has 4 nitrogen and oxygen atoms in total. The van der Waals surface area contributed by atoms with E-state index in [1.165, 1.54) is 28.3 Å². The van der Waals surface area contributed by atoms with Crippen molar-refractivity contribution in [3.05, 3.63) is 70.3 Å². The summed E-state index contributed by atoms with van der Waals surface area (Å²) in [4.78, 5) is 12.9. The fourth-order valence-corrected chi connectivity index (χ4v) is 4.61. The molecule has 0 aliphatic carbocycles. The van der Waals surface area contributed by atoms with Crippen molar-refractivity contribution in [3.63, 3.8) is 0 Å². The number of fused-ring (bicyclic) bond motifs is 3. The molecular formula is C22H21N3OS. The third-order valence-corrected chi connectivity index (χ3v) is 5.79. The van der Waals surface area contributed by atoms with Gasteiger partial charge in [0.15, 0.2) is 16.6 Å². The molecule has 2 aromatic heterocycles. The highest BCUT2D eigenvalue weighted by molar-refractivity contribution is 7.99. The van der Waals surface area contributed by atoms with Crippen molar-refractivity contribution >= 4 is 34.1 Å². The van der Waals surface area contributed by atoms with E-state index in [1.807, 2.05) is 36.4 Å². The van der Waals surface area contributed by atoms with Crippen molar-refractivity contribution < 1.29 is 4.79 Å². The van der Waals surface area contributed by atoms with Gasteiger partial charge in [-0.15, -0.1) is 10.2 Å². The molecule has 0 radical (unpaired) electrons. The number of hydrogen-bond acceptors (Lipinski definition) is 4. The van der Waals surface area contributed by atoms with Crippen molar-refractivity contribution in [2.75, 3.05) is 5.75 Å². The lowest BCUT2D eigenvalue weighted by Crippen LogP contribution is -2.08. The lowest BCUT2D eigenvalue weighted by atomic mass is 9.97. The molecule has 136 valence electrons. The predicted molar refractivity (Wildman–Crippen MR) is 111 cm³/mol. The van der Waals surface area contributed by atoms with Gasteiger partial charge in [0.25, 0.3) is 0 Å². The molecule has 0 fully saturated rings. The van der Waals surface area contributed by atoms with Gasteiger partial charge in [-0.25, -0.2) is 0 Å². The normalized spacial score (nSPS) is 11.4. The smallest absolute Gasteiger partial charge is 0.196 e. The molecule has 4 rings (SSSR count). The van der Waals surface area contributed by atoms with Crippen LogP contribution >= 0.6 is 11.8 Å². The summed E-state index contributed by atoms with van der Waals surface area (Å²) >= 11 is 1.44. The molecule has 0 N–H and O–H groups in total. The van der Waals surface area contributed by atoms with Crippen LogP contribution in [-0.2, 0) is 0 Å². The van der Waals surface area contributed by atoms with Gasteiger partial charge in [-0.3, -0.25) is 9.20 Å². The van der Waals surface area contributed by atoms with Crippen molar-refractivity contribution in [2.45, 2.75) is 32.9 Å². The molecule has 0 bridgehead atoms. The number of carbonyl (C=O) groups is 1. The Hall–Kier alpha value is -2.66. The van der Waals surface area contributed by atoms with Gasteiger partial charge >= 0.3 is 0 Å². The number of pyridine rings is 1. The first-order valence-corrected chi connectivity index (χ1v) is 9.91. The van der Waals surface area contributed by atoms with Gasteiger partial charge in [-0.05, 0) is 56.5 Å². The average Bonchev–Trinajstić information content (AvgIpc) is 3.02. The van der Waals surface area contributed by atoms with E-state index in [-0.39, 0.29) is 5.78 Å². The summed E-state index contributed by atoms with van der Waals surface area (Å²) in [5.74, 6) is 0.469. The number of para-hydroxylation sites is 1. The van der Waals surface area contributed by atoms with E-state index in [0.717, 1.165) is 33.0 Å². The summed E-state index contributed by atoms with van der Waals surface area (Å²) in [7, 11) is 0. The van der Waals surface area contributed by atoms with Gasteiger partial charge < -0.3 is 0 Å². The van der Waals surface area contributed by atoms with Crippen molar-refractivity contribution in [1.29, 1.82) is 0 Å². The number of rotatable bonds is 4. The second-order valence-electron chi connectivity index (χ2n) is 7.01.